The van der Waals surface area contributed by atoms with Gasteiger partial charge in [-0.2, -0.15) is 18.3 Å². The number of rotatable bonds is 4. The van der Waals surface area contributed by atoms with Gasteiger partial charge in [0.15, 0.2) is 51.0 Å². The number of benzene rings is 12. The number of anilines is 8. The van der Waals surface area contributed by atoms with Crippen molar-refractivity contribution in [3.8, 4) is 45.0 Å². The summed E-state index contributed by atoms with van der Waals surface area (Å²) >= 11 is 0. The lowest BCUT2D eigenvalue weighted by molar-refractivity contribution is -0.672. The lowest BCUT2D eigenvalue weighted by Crippen LogP contribution is -2.48. The van der Waals surface area contributed by atoms with Crippen LogP contribution >= 0.6 is 31.2 Å². The Bertz CT molecular complexity index is 6910. The van der Waals surface area contributed by atoms with Gasteiger partial charge in [0.1, 0.15) is 22.7 Å². The molecule has 4 aromatic heterocycles. The molecule has 12 aliphatic rings. The minimum Gasteiger partial charge on any atom is -0.371 e. The molecule has 544 valence electrons. The van der Waals surface area contributed by atoms with Gasteiger partial charge >= 0.3 is 26.3 Å². The van der Waals surface area contributed by atoms with E-state index in [4.69, 9.17) is 0 Å². The zero-order valence-corrected chi connectivity index (χ0v) is 68.4. The standard InChI is InChI=1S/4C25H19BN2P/c1-17-11-13-19(14-12-17)29-23-10-3-2-8-21(23)28-22-9-5-15-27-16-18-6-4-7-20(26(28)29)24(18)25(22)27;1-17-12-13-23-22(15-17)28-21-11-6-14-27-16-18-7-5-10-20(24(18)25(21)27)26(28)29(23)19-8-3-2-4-9-19;1-17-14-22-25-24-18(16-27(25)15-17)8-7-11-20(24)26-28(22)21-12-5-6-13-23(21)29(26)19-9-3-2-4-10-19;1-17-14-18-16-27-13-7-11-22-25(27)24(18)20(15-17)26-28(22)21-10-5-6-12-23(21)29(26)19-8-3-2-4-9-19/h4*2-15H,16H2,1H3/q4*+1. The molecule has 0 saturated heterocycles. The van der Waals surface area contributed by atoms with Gasteiger partial charge in [-0.25, -0.2) is 0 Å². The van der Waals surface area contributed by atoms with E-state index < -0.39 is 31.2 Å². The number of aryl methyl sites for hydroxylation is 4. The maximum absolute atomic E-state index is 2.64. The Morgan fingerprint density at radius 3 is 1.03 bits per heavy atom. The van der Waals surface area contributed by atoms with Crippen molar-refractivity contribution in [2.24, 2.45) is 0 Å². The summed E-state index contributed by atoms with van der Waals surface area (Å²) in [6, 6.07) is 119. The highest BCUT2D eigenvalue weighted by Gasteiger charge is 2.58. The van der Waals surface area contributed by atoms with Crippen LogP contribution in [0.5, 0.6) is 0 Å². The molecular formula is C100H76B4N8P4+4. The van der Waals surface area contributed by atoms with E-state index in [0.29, 0.717) is 26.3 Å². The van der Waals surface area contributed by atoms with E-state index in [-0.39, 0.29) is 0 Å². The summed E-state index contributed by atoms with van der Waals surface area (Å²) in [6.45, 7) is 14.2. The first-order chi connectivity index (χ1) is 57.2. The second kappa shape index (κ2) is 26.0. The Hall–Kier alpha value is -11.6. The zero-order valence-electron chi connectivity index (χ0n) is 64.8. The molecule has 0 amide bonds. The van der Waals surface area contributed by atoms with Crippen molar-refractivity contribution in [2.75, 3.05) is 19.2 Å². The van der Waals surface area contributed by atoms with Crippen molar-refractivity contribution in [1.82, 2.24) is 0 Å². The molecule has 16 aromatic rings. The SMILES string of the molecule is Cc1cc2c3[n+](c1)Cc1cccc(c1-3)B1N2c2ccccc2P1c1ccccc1.Cc1cc2c3c(c1)B1N(c4ccccc4P1c1ccccc1)c1ccc[n+](c1-3)C2.Cc1ccc(P2B3c4cccc5c4-c4c(ccc[n+]4C5)N3c3ccccc32)cc1.Cc1ccc2c(c1)N1B(c3cccc4c3-c3c1ccc[n+]3C4)P2c1ccccc1. The van der Waals surface area contributed by atoms with E-state index in [2.05, 4.69) is 405 Å². The van der Waals surface area contributed by atoms with Crippen LogP contribution in [0.2, 0.25) is 0 Å². The molecule has 28 rings (SSSR count). The topological polar surface area (TPSA) is 28.5 Å². The Kier molecular flexibility index (Phi) is 15.2. The molecular weight excluding hydrogens is 1480 g/mol. The van der Waals surface area contributed by atoms with Gasteiger partial charge in [-0.3, -0.25) is 0 Å². The second-order valence-electron chi connectivity index (χ2n) is 32.8. The third kappa shape index (κ3) is 9.77. The second-order valence-corrected chi connectivity index (χ2v) is 41.7. The molecule has 8 nitrogen and oxygen atoms in total. The van der Waals surface area contributed by atoms with Gasteiger partial charge in [-0.05, 0) is 183 Å². The van der Waals surface area contributed by atoms with E-state index in [1.807, 2.05) is 0 Å². The largest absolute Gasteiger partial charge is 0.371 e. The minimum atomic E-state index is -0.510. The van der Waals surface area contributed by atoms with Gasteiger partial charge in [-0.1, -0.05) is 254 Å². The maximum Gasteiger partial charge on any atom is 0.333 e. The molecule has 16 heteroatoms. The fourth-order valence-corrected chi connectivity index (χ4v) is 33.5. The van der Waals surface area contributed by atoms with Crippen LogP contribution in [0.15, 0.2) is 340 Å². The number of hydrogen-bond donors (Lipinski definition) is 0. The van der Waals surface area contributed by atoms with E-state index >= 15 is 0 Å². The predicted molar refractivity (Wildman–Crippen MR) is 490 cm³/mol. The van der Waals surface area contributed by atoms with Crippen LogP contribution in [0.4, 0.5) is 45.5 Å². The molecule has 16 heterocycles. The summed E-state index contributed by atoms with van der Waals surface area (Å²) in [5, 5.41) is 11.8. The van der Waals surface area contributed by atoms with Crippen molar-refractivity contribution < 1.29 is 18.3 Å². The molecule has 4 atom stereocenters. The Morgan fingerprint density at radius 2 is 0.569 bits per heavy atom. The third-order valence-electron chi connectivity index (χ3n) is 26.0. The maximum atomic E-state index is 2.64. The van der Waals surface area contributed by atoms with E-state index in [1.54, 1.807) is 0 Å². The van der Waals surface area contributed by atoms with Crippen LogP contribution in [-0.4, -0.2) is 26.3 Å². The molecule has 0 fully saturated rings. The highest BCUT2D eigenvalue weighted by molar-refractivity contribution is 8.05. The fourth-order valence-electron chi connectivity index (χ4n) is 21.7. The van der Waals surface area contributed by atoms with Crippen molar-refractivity contribution in [1.29, 1.82) is 0 Å². The Morgan fingerprint density at radius 1 is 0.233 bits per heavy atom. The summed E-state index contributed by atoms with van der Waals surface area (Å²) in [6.07, 6.45) is 9.01. The minimum absolute atomic E-state index is 0.361. The Balaban J connectivity index is 0.0000000866. The molecule has 0 N–H and O–H groups in total. The molecule has 12 aromatic carbocycles. The average molecular weight is 1560 g/mol. The van der Waals surface area contributed by atoms with Crippen LogP contribution in [0, 0.1) is 27.7 Å². The number of aromatic nitrogens is 4. The monoisotopic (exact) mass is 1560 g/mol. The highest BCUT2D eigenvalue weighted by Crippen LogP contribution is 2.61. The van der Waals surface area contributed by atoms with Gasteiger partial charge in [0.05, 0.1) is 22.3 Å². The summed E-state index contributed by atoms with van der Waals surface area (Å²) in [4.78, 5) is 10.6. The molecule has 0 aliphatic carbocycles. The van der Waals surface area contributed by atoms with Crippen molar-refractivity contribution in [3.63, 3.8) is 0 Å². The normalized spacial score (nSPS) is 17.2. The lowest BCUT2D eigenvalue weighted by Gasteiger charge is -2.33. The number of fused-ring (bicyclic) bond motifs is 20. The first-order valence-electron chi connectivity index (χ1n) is 40.8. The average Bonchev–Trinajstić information content (AvgIpc) is 1.55. The molecule has 12 aliphatic heterocycles. The molecule has 0 radical (unpaired) electrons. The lowest BCUT2D eigenvalue weighted by atomic mass is 9.69. The number of nitrogens with zero attached hydrogens (tertiary/aromatic N) is 8. The van der Waals surface area contributed by atoms with Crippen molar-refractivity contribution >= 4 is 167 Å². The Labute approximate surface area is 683 Å². The molecule has 4 unspecified atom stereocenters. The van der Waals surface area contributed by atoms with E-state index in [9.17, 15) is 0 Å². The van der Waals surface area contributed by atoms with Gasteiger partial charge in [0.25, 0.3) is 0 Å². The third-order valence-corrected chi connectivity index (χ3v) is 37.0. The van der Waals surface area contributed by atoms with Gasteiger partial charge < -0.3 is 19.2 Å². The summed E-state index contributed by atoms with van der Waals surface area (Å²) < 4.78 is 9.75. The zero-order chi connectivity index (χ0) is 76.4. The van der Waals surface area contributed by atoms with Crippen molar-refractivity contribution in [2.45, 2.75) is 53.9 Å². The van der Waals surface area contributed by atoms with Gasteiger partial charge in [-0.15, -0.1) is 0 Å². The number of hydrogen-bond acceptors (Lipinski definition) is 4. The predicted octanol–water partition coefficient (Wildman–Crippen LogP) is 14.4. The molecule has 0 bridgehead atoms. The number of para-hydroxylation sites is 3. The van der Waals surface area contributed by atoms with Crippen LogP contribution in [-0.2, 0) is 26.2 Å². The molecule has 0 saturated carbocycles. The van der Waals surface area contributed by atoms with E-state index in [1.165, 1.54) is 199 Å². The van der Waals surface area contributed by atoms with Crippen LogP contribution in [0.1, 0.15) is 44.5 Å². The van der Waals surface area contributed by atoms with E-state index in [0.717, 1.165) is 26.2 Å². The summed E-state index contributed by atoms with van der Waals surface area (Å²) in [7, 11) is -2.04. The summed E-state index contributed by atoms with van der Waals surface area (Å²) in [5.74, 6) is 0. The van der Waals surface area contributed by atoms with Crippen LogP contribution in [0.25, 0.3) is 45.0 Å². The highest BCUT2D eigenvalue weighted by atomic mass is 31.1. The van der Waals surface area contributed by atoms with Gasteiger partial charge in [0.2, 0.25) is 22.8 Å². The smallest absolute Gasteiger partial charge is 0.333 e. The molecule has 0 spiro atoms. The fraction of sp³-hybridized carbons (Fsp3) is 0.0800. The van der Waals surface area contributed by atoms with Crippen LogP contribution in [0.3, 0.4) is 0 Å². The first kappa shape index (κ1) is 67.7. The van der Waals surface area contributed by atoms with Crippen LogP contribution < -0.4 is 102 Å². The summed E-state index contributed by atoms with van der Waals surface area (Å²) in [5.41, 5.74) is 39.7. The molecule has 116 heavy (non-hydrogen) atoms. The van der Waals surface area contributed by atoms with Gasteiger partial charge in [0, 0.05) is 68.8 Å². The quantitative estimate of drug-likeness (QED) is 0.0997. The first-order valence-corrected chi connectivity index (χ1v) is 46.4. The van der Waals surface area contributed by atoms with Crippen molar-refractivity contribution in [3.05, 3.63) is 385 Å². The number of pyridine rings is 4.